The minimum atomic E-state index is -1.15. The molecule has 0 aliphatic carbocycles. The number of nitrogens with zero attached hydrogens (tertiary/aromatic N) is 3. The van der Waals surface area contributed by atoms with Gasteiger partial charge in [-0.15, -0.1) is 11.3 Å². The molecule has 1 saturated heterocycles. The van der Waals surface area contributed by atoms with Crippen LogP contribution >= 0.6 is 11.3 Å². The fraction of sp³-hybridized carbons (Fsp3) is 0.667. The van der Waals surface area contributed by atoms with E-state index in [2.05, 4.69) is 15.6 Å². The van der Waals surface area contributed by atoms with Crippen LogP contribution in [0.1, 0.15) is 90.8 Å². The first-order valence-corrected chi connectivity index (χ1v) is 19.4. The van der Waals surface area contributed by atoms with Crippen LogP contribution in [0.2, 0.25) is 0 Å². The number of methoxy groups -OCH3 is 2. The van der Waals surface area contributed by atoms with E-state index in [0.29, 0.717) is 19.4 Å². The highest BCUT2D eigenvalue weighted by Crippen LogP contribution is 2.30. The Morgan fingerprint density at radius 3 is 2.29 bits per heavy atom. The van der Waals surface area contributed by atoms with Gasteiger partial charge in [-0.2, -0.15) is 0 Å². The highest BCUT2D eigenvalue weighted by molar-refractivity contribution is 7.09. The van der Waals surface area contributed by atoms with E-state index in [0.717, 1.165) is 23.4 Å². The Morgan fingerprint density at radius 1 is 1.08 bits per heavy atom. The predicted molar refractivity (Wildman–Crippen MR) is 204 cm³/mol. The molecule has 3 rings (SSSR count). The molecule has 7 unspecified atom stereocenters. The maximum absolute atomic E-state index is 14.2. The number of likely N-dealkylation sites (N-methyl/N-ethyl adjacent to an activating group) is 1. The van der Waals surface area contributed by atoms with Gasteiger partial charge in [-0.05, 0) is 50.5 Å². The van der Waals surface area contributed by atoms with E-state index in [-0.39, 0.29) is 48.1 Å². The lowest BCUT2D eigenvalue weighted by molar-refractivity contribution is -0.148. The number of ether oxygens (including phenoxy) is 2. The van der Waals surface area contributed by atoms with Gasteiger partial charge in [0.1, 0.15) is 11.0 Å². The van der Waals surface area contributed by atoms with E-state index >= 15 is 0 Å². The van der Waals surface area contributed by atoms with Crippen molar-refractivity contribution < 1.29 is 28.7 Å². The Kier molecular flexibility index (Phi) is 16.2. The highest BCUT2D eigenvalue weighted by atomic mass is 32.1. The fourth-order valence-corrected chi connectivity index (χ4v) is 7.82. The first-order chi connectivity index (χ1) is 24.5. The Balaban J connectivity index is 1.78. The van der Waals surface area contributed by atoms with Gasteiger partial charge < -0.3 is 35.6 Å². The molecule has 12 nitrogen and oxygen atoms in total. The molecule has 1 fully saturated rings. The van der Waals surface area contributed by atoms with Gasteiger partial charge >= 0.3 is 0 Å². The van der Waals surface area contributed by atoms with Crippen molar-refractivity contribution in [3.63, 3.8) is 0 Å². The number of benzene rings is 1. The number of hydrogen-bond acceptors (Lipinski definition) is 9. The molecular weight excluding hydrogens is 681 g/mol. The van der Waals surface area contributed by atoms with Crippen molar-refractivity contribution in [2.24, 2.45) is 23.5 Å². The molecule has 2 heterocycles. The van der Waals surface area contributed by atoms with E-state index in [9.17, 15) is 19.2 Å². The van der Waals surface area contributed by atoms with Crippen LogP contribution in [-0.2, 0) is 35.1 Å². The van der Waals surface area contributed by atoms with E-state index in [1.54, 1.807) is 46.2 Å². The van der Waals surface area contributed by atoms with Gasteiger partial charge in [-0.1, -0.05) is 71.4 Å². The van der Waals surface area contributed by atoms with Crippen LogP contribution in [0.4, 0.5) is 0 Å². The summed E-state index contributed by atoms with van der Waals surface area (Å²) in [7, 11) is 4.86. The van der Waals surface area contributed by atoms with Crippen molar-refractivity contribution in [2.45, 2.75) is 122 Å². The third-order valence-electron chi connectivity index (χ3n) is 10.4. The minimum absolute atomic E-state index is 0.0207. The van der Waals surface area contributed by atoms with E-state index in [4.69, 9.17) is 15.2 Å². The first-order valence-electron chi connectivity index (χ1n) is 18.5. The molecule has 1 aromatic heterocycles. The van der Waals surface area contributed by atoms with Crippen LogP contribution in [0.25, 0.3) is 0 Å². The molecule has 0 spiro atoms. The summed E-state index contributed by atoms with van der Waals surface area (Å²) in [5, 5.41) is 8.79. The topological polar surface area (TPSA) is 156 Å². The standard InChI is InChI=1S/C39H62N6O6S/c1-11-25(4)33(44(8)37(48)32(24(2)3)43-38(49)39(6,7)40)30(50-9)23-31(46)45-20-15-18-29(45)34(51-10)26(5)35(47)42-28(36-41-19-21-52-36)22-27-16-13-12-14-17-27/h12-14,16-17,19,21,24-26,28-30,32-34H,11,15,18,20,22-23,40H2,1-10H3,(H,42,47)(H,43,49)/t25?,26?,28?,29-,30?,32?,33?,34?/m0/s1. The summed E-state index contributed by atoms with van der Waals surface area (Å²) in [6.45, 7) is 13.4. The maximum atomic E-state index is 14.2. The average Bonchev–Trinajstić information content (AvgIpc) is 3.83. The molecule has 1 aromatic carbocycles. The Bertz CT molecular complexity index is 1430. The number of hydrogen-bond donors (Lipinski definition) is 3. The zero-order chi connectivity index (χ0) is 38.7. The molecule has 8 atom stereocenters. The average molecular weight is 743 g/mol. The summed E-state index contributed by atoms with van der Waals surface area (Å²) in [6, 6.07) is 8.11. The molecule has 1 aliphatic heterocycles. The smallest absolute Gasteiger partial charge is 0.245 e. The molecule has 1 aliphatic rings. The van der Waals surface area contributed by atoms with Crippen molar-refractivity contribution in [3.8, 4) is 0 Å². The third-order valence-corrected chi connectivity index (χ3v) is 11.3. The van der Waals surface area contributed by atoms with Crippen LogP contribution in [0.5, 0.6) is 0 Å². The van der Waals surface area contributed by atoms with Crippen molar-refractivity contribution >= 4 is 35.0 Å². The molecule has 0 radical (unpaired) electrons. The number of likely N-dealkylation sites (tertiary alicyclic amines) is 1. The van der Waals surface area contributed by atoms with Crippen LogP contribution in [-0.4, -0.2) is 102 Å². The zero-order valence-corrected chi connectivity index (χ0v) is 33.6. The molecule has 52 heavy (non-hydrogen) atoms. The monoisotopic (exact) mass is 742 g/mol. The minimum Gasteiger partial charge on any atom is -0.379 e. The molecule has 0 saturated carbocycles. The van der Waals surface area contributed by atoms with Crippen LogP contribution in [0.15, 0.2) is 41.9 Å². The van der Waals surface area contributed by atoms with Crippen LogP contribution in [0, 0.1) is 17.8 Å². The number of amides is 4. The molecule has 2 aromatic rings. The van der Waals surface area contributed by atoms with Gasteiger partial charge in [0.05, 0.1) is 48.2 Å². The normalized spacial score (nSPS) is 18.9. The van der Waals surface area contributed by atoms with Crippen LogP contribution < -0.4 is 16.4 Å². The SMILES string of the molecule is CCC(C)C(C(CC(=O)N1CCC[C@H]1C(OC)C(C)C(=O)NC(Cc1ccccc1)c1nccs1)OC)N(C)C(=O)C(NC(=O)C(C)(C)N)C(C)C. The number of nitrogens with two attached hydrogens (primary N) is 1. The van der Waals surface area contributed by atoms with Gasteiger partial charge in [0, 0.05) is 39.4 Å². The lowest BCUT2D eigenvalue weighted by Crippen LogP contribution is -2.60. The number of rotatable bonds is 19. The number of thiazole rings is 1. The number of carbonyl (C=O) groups is 4. The molecule has 13 heteroatoms. The number of nitrogens with one attached hydrogen (secondary N) is 2. The van der Waals surface area contributed by atoms with Gasteiger partial charge in [0.2, 0.25) is 23.6 Å². The zero-order valence-electron chi connectivity index (χ0n) is 32.8. The predicted octanol–water partition coefficient (Wildman–Crippen LogP) is 4.34. The fourth-order valence-electron chi connectivity index (χ4n) is 7.13. The van der Waals surface area contributed by atoms with E-state index < -0.39 is 41.7 Å². The van der Waals surface area contributed by atoms with Crippen molar-refractivity contribution in [3.05, 3.63) is 52.5 Å². The summed E-state index contributed by atoms with van der Waals surface area (Å²) >= 11 is 1.50. The highest BCUT2D eigenvalue weighted by Gasteiger charge is 2.43. The number of aromatic nitrogens is 1. The second kappa shape index (κ2) is 19.6. The molecule has 4 N–H and O–H groups in total. The van der Waals surface area contributed by atoms with Gasteiger partial charge in [-0.3, -0.25) is 19.2 Å². The largest absolute Gasteiger partial charge is 0.379 e. The maximum Gasteiger partial charge on any atom is 0.245 e. The van der Waals surface area contributed by atoms with Crippen molar-refractivity contribution in [1.82, 2.24) is 25.4 Å². The second-order valence-corrected chi connectivity index (χ2v) is 16.1. The Morgan fingerprint density at radius 2 is 1.75 bits per heavy atom. The molecular formula is C39H62N6O6S. The molecule has 4 amide bonds. The molecule has 290 valence electrons. The Labute approximate surface area is 314 Å². The lowest BCUT2D eigenvalue weighted by Gasteiger charge is -2.41. The van der Waals surface area contributed by atoms with Crippen LogP contribution in [0.3, 0.4) is 0 Å². The van der Waals surface area contributed by atoms with E-state index in [1.165, 1.54) is 11.3 Å². The van der Waals surface area contributed by atoms with E-state index in [1.807, 2.05) is 75.2 Å². The molecule has 0 bridgehead atoms. The van der Waals surface area contributed by atoms with Gasteiger partial charge in [-0.25, -0.2) is 4.98 Å². The lowest BCUT2D eigenvalue weighted by atomic mass is 9.89. The summed E-state index contributed by atoms with van der Waals surface area (Å²) in [5.74, 6) is -1.76. The quantitative estimate of drug-likeness (QED) is 0.192. The summed E-state index contributed by atoms with van der Waals surface area (Å²) in [5.41, 5.74) is 5.97. The summed E-state index contributed by atoms with van der Waals surface area (Å²) < 4.78 is 12.0. The third kappa shape index (κ3) is 11.1. The number of carbonyl (C=O) groups excluding carboxylic acids is 4. The van der Waals surface area contributed by atoms with Gasteiger partial charge in [0.25, 0.3) is 0 Å². The van der Waals surface area contributed by atoms with Crippen molar-refractivity contribution in [1.29, 1.82) is 0 Å². The van der Waals surface area contributed by atoms with Crippen molar-refractivity contribution in [2.75, 3.05) is 27.8 Å². The first kappa shape index (κ1) is 43.0. The summed E-state index contributed by atoms with van der Waals surface area (Å²) in [4.78, 5) is 62.8. The Hall–Kier alpha value is -3.39. The second-order valence-electron chi connectivity index (χ2n) is 15.1. The summed E-state index contributed by atoms with van der Waals surface area (Å²) in [6.07, 6.45) is 3.42. The van der Waals surface area contributed by atoms with Gasteiger partial charge in [0.15, 0.2) is 0 Å².